The van der Waals surface area contributed by atoms with Crippen molar-refractivity contribution >= 4 is 23.7 Å². The monoisotopic (exact) mass is 436 g/mol. The average molecular weight is 437 g/mol. The Kier molecular flexibility index (Phi) is 10.1. The van der Waals surface area contributed by atoms with E-state index in [4.69, 9.17) is 10.8 Å². The molecule has 0 radical (unpaired) electrons. The molecule has 0 saturated carbocycles. The Balaban J connectivity index is 2.72. The fraction of sp³-hybridized carbons (Fsp3) is 0.524. The van der Waals surface area contributed by atoms with Crippen LogP contribution in [0.3, 0.4) is 0 Å². The van der Waals surface area contributed by atoms with Gasteiger partial charge >= 0.3 is 5.97 Å². The van der Waals surface area contributed by atoms with Gasteiger partial charge in [-0.2, -0.15) is 0 Å². The van der Waals surface area contributed by atoms with Crippen molar-refractivity contribution in [1.82, 2.24) is 16.0 Å². The molecule has 172 valence electrons. The second-order valence-electron chi connectivity index (χ2n) is 7.82. The molecule has 0 saturated heterocycles. The molecule has 0 aliphatic rings. The van der Waals surface area contributed by atoms with Crippen LogP contribution in [-0.4, -0.2) is 64.2 Å². The van der Waals surface area contributed by atoms with E-state index in [1.54, 1.807) is 13.8 Å². The fourth-order valence-corrected chi connectivity index (χ4v) is 2.79. The molecule has 1 aromatic rings. The van der Waals surface area contributed by atoms with Crippen LogP contribution in [0.2, 0.25) is 0 Å². The molecule has 7 N–H and O–H groups in total. The van der Waals surface area contributed by atoms with E-state index in [1.807, 2.05) is 30.3 Å². The lowest BCUT2D eigenvalue weighted by Gasteiger charge is -2.26. The van der Waals surface area contributed by atoms with E-state index in [-0.39, 0.29) is 5.92 Å². The molecule has 0 fully saturated rings. The van der Waals surface area contributed by atoms with Gasteiger partial charge in [-0.1, -0.05) is 44.2 Å². The van der Waals surface area contributed by atoms with Crippen LogP contribution in [0, 0.1) is 5.92 Å². The quantitative estimate of drug-likeness (QED) is 0.262. The number of carboxylic acid groups (broad SMARTS) is 1. The number of rotatable bonds is 11. The first-order valence-electron chi connectivity index (χ1n) is 10.1. The summed E-state index contributed by atoms with van der Waals surface area (Å²) in [4.78, 5) is 48.5. The molecule has 1 rings (SSSR count). The summed E-state index contributed by atoms with van der Waals surface area (Å²) in [5, 5.41) is 25.8. The summed E-state index contributed by atoms with van der Waals surface area (Å²) in [7, 11) is 0. The number of hydrogen-bond acceptors (Lipinski definition) is 6. The number of benzene rings is 1. The summed E-state index contributed by atoms with van der Waals surface area (Å²) < 4.78 is 0. The number of hydrogen-bond donors (Lipinski definition) is 6. The molecule has 5 unspecified atom stereocenters. The highest BCUT2D eigenvalue weighted by Crippen LogP contribution is 2.06. The molecule has 0 bridgehead atoms. The highest BCUT2D eigenvalue weighted by Gasteiger charge is 2.31. The van der Waals surface area contributed by atoms with Crippen LogP contribution in [0.25, 0.3) is 0 Å². The Labute approximate surface area is 181 Å². The predicted molar refractivity (Wildman–Crippen MR) is 114 cm³/mol. The van der Waals surface area contributed by atoms with E-state index in [9.17, 15) is 24.3 Å². The van der Waals surface area contributed by atoms with Gasteiger partial charge in [-0.25, -0.2) is 4.79 Å². The van der Waals surface area contributed by atoms with Crippen LogP contribution < -0.4 is 21.7 Å². The average Bonchev–Trinajstić information content (AvgIpc) is 2.69. The van der Waals surface area contributed by atoms with Crippen molar-refractivity contribution in [2.75, 3.05) is 0 Å². The first kappa shape index (κ1) is 26.1. The Hall–Kier alpha value is -2.98. The lowest BCUT2D eigenvalue weighted by molar-refractivity contribution is -0.145. The number of carboxylic acids is 1. The van der Waals surface area contributed by atoms with Crippen molar-refractivity contribution < 1.29 is 29.4 Å². The summed E-state index contributed by atoms with van der Waals surface area (Å²) in [5.41, 5.74) is 6.85. The molecule has 0 heterocycles. The molecule has 0 aliphatic carbocycles. The molecule has 31 heavy (non-hydrogen) atoms. The van der Waals surface area contributed by atoms with Crippen molar-refractivity contribution in [2.45, 2.75) is 64.4 Å². The minimum atomic E-state index is -1.51. The number of aliphatic hydroxyl groups is 1. The summed E-state index contributed by atoms with van der Waals surface area (Å²) in [6.45, 7) is 6.05. The van der Waals surface area contributed by atoms with Gasteiger partial charge in [0.05, 0.1) is 12.1 Å². The number of carbonyl (C=O) groups excluding carboxylic acids is 3. The zero-order valence-electron chi connectivity index (χ0n) is 18.2. The van der Waals surface area contributed by atoms with Gasteiger partial charge in [-0.05, 0) is 31.7 Å². The highest BCUT2D eigenvalue weighted by molar-refractivity contribution is 5.94. The number of amides is 3. The standard InChI is InChI=1S/C21H32N4O6/c1-11(2)16(24-19(28)15(22)10-14-8-6-5-7-9-14)20(29)23-12(3)18(27)25-17(13(4)26)21(30)31/h5-9,11-13,15-17,26H,10,22H2,1-4H3,(H,23,29)(H,24,28)(H,25,27)(H,30,31). The van der Waals surface area contributed by atoms with Crippen LogP contribution in [-0.2, 0) is 25.6 Å². The predicted octanol–water partition coefficient (Wildman–Crippen LogP) is -0.848. The Bertz CT molecular complexity index is 768. The van der Waals surface area contributed by atoms with Gasteiger partial charge in [0.1, 0.15) is 12.1 Å². The summed E-state index contributed by atoms with van der Waals surface area (Å²) in [5.74, 6) is -3.60. The molecule has 10 heteroatoms. The van der Waals surface area contributed by atoms with E-state index >= 15 is 0 Å². The molecule has 3 amide bonds. The first-order valence-corrected chi connectivity index (χ1v) is 10.1. The number of carbonyl (C=O) groups is 4. The van der Waals surface area contributed by atoms with E-state index in [0.717, 1.165) is 5.56 Å². The van der Waals surface area contributed by atoms with Gasteiger partial charge in [0.15, 0.2) is 6.04 Å². The van der Waals surface area contributed by atoms with Crippen LogP contribution >= 0.6 is 0 Å². The maximum absolute atomic E-state index is 12.7. The Morgan fingerprint density at radius 1 is 0.871 bits per heavy atom. The summed E-state index contributed by atoms with van der Waals surface area (Å²) in [6.07, 6.45) is -1.02. The highest BCUT2D eigenvalue weighted by atomic mass is 16.4. The van der Waals surface area contributed by atoms with Crippen LogP contribution in [0.5, 0.6) is 0 Å². The third-order valence-electron chi connectivity index (χ3n) is 4.68. The van der Waals surface area contributed by atoms with Gasteiger partial charge in [-0.3, -0.25) is 14.4 Å². The molecule has 0 aliphatic heterocycles. The molecule has 0 aromatic heterocycles. The van der Waals surface area contributed by atoms with Crippen LogP contribution in [0.15, 0.2) is 30.3 Å². The summed E-state index contributed by atoms with van der Waals surface area (Å²) >= 11 is 0. The van der Waals surface area contributed by atoms with Gasteiger partial charge in [0, 0.05) is 0 Å². The van der Waals surface area contributed by atoms with E-state index < -0.39 is 54.0 Å². The Morgan fingerprint density at radius 3 is 1.90 bits per heavy atom. The minimum absolute atomic E-state index is 0.299. The van der Waals surface area contributed by atoms with Crippen molar-refractivity contribution in [3.8, 4) is 0 Å². The number of aliphatic carboxylic acids is 1. The Morgan fingerprint density at radius 2 is 1.42 bits per heavy atom. The van der Waals surface area contributed by atoms with Crippen LogP contribution in [0.4, 0.5) is 0 Å². The lowest BCUT2D eigenvalue weighted by atomic mass is 10.0. The van der Waals surface area contributed by atoms with E-state index in [1.165, 1.54) is 13.8 Å². The topological polar surface area (TPSA) is 171 Å². The fourth-order valence-electron chi connectivity index (χ4n) is 2.79. The van der Waals surface area contributed by atoms with Gasteiger partial charge in [0.2, 0.25) is 17.7 Å². The molecule has 0 spiro atoms. The molecule has 1 aromatic carbocycles. The lowest BCUT2D eigenvalue weighted by Crippen LogP contribution is -2.58. The minimum Gasteiger partial charge on any atom is -0.480 e. The molecular formula is C21H32N4O6. The molecule has 10 nitrogen and oxygen atoms in total. The zero-order valence-corrected chi connectivity index (χ0v) is 18.2. The molecular weight excluding hydrogens is 404 g/mol. The number of aliphatic hydroxyl groups excluding tert-OH is 1. The third-order valence-corrected chi connectivity index (χ3v) is 4.68. The van der Waals surface area contributed by atoms with Gasteiger partial charge < -0.3 is 31.9 Å². The zero-order chi connectivity index (χ0) is 23.7. The second-order valence-corrected chi connectivity index (χ2v) is 7.82. The largest absolute Gasteiger partial charge is 0.480 e. The first-order chi connectivity index (χ1) is 14.4. The van der Waals surface area contributed by atoms with Crippen molar-refractivity contribution in [3.05, 3.63) is 35.9 Å². The van der Waals surface area contributed by atoms with Crippen molar-refractivity contribution in [2.24, 2.45) is 11.7 Å². The van der Waals surface area contributed by atoms with Crippen molar-refractivity contribution in [1.29, 1.82) is 0 Å². The van der Waals surface area contributed by atoms with Crippen LogP contribution in [0.1, 0.15) is 33.3 Å². The second kappa shape index (κ2) is 12.0. The van der Waals surface area contributed by atoms with Gasteiger partial charge in [-0.15, -0.1) is 0 Å². The van der Waals surface area contributed by atoms with E-state index in [2.05, 4.69) is 16.0 Å². The van der Waals surface area contributed by atoms with Gasteiger partial charge in [0.25, 0.3) is 0 Å². The third kappa shape index (κ3) is 8.35. The van der Waals surface area contributed by atoms with Crippen molar-refractivity contribution in [3.63, 3.8) is 0 Å². The smallest absolute Gasteiger partial charge is 0.328 e. The number of nitrogens with two attached hydrogens (primary N) is 1. The maximum Gasteiger partial charge on any atom is 0.328 e. The SMILES string of the molecule is CC(NC(=O)C(NC(=O)C(N)Cc1ccccc1)C(C)C)C(=O)NC(C(=O)O)C(C)O. The summed E-state index contributed by atoms with van der Waals surface area (Å²) in [6, 6.07) is 4.80. The maximum atomic E-state index is 12.7. The van der Waals surface area contributed by atoms with E-state index in [0.29, 0.717) is 6.42 Å². The number of nitrogens with one attached hydrogen (secondary N) is 3. The normalized spacial score (nSPS) is 15.8. The molecule has 5 atom stereocenters.